The van der Waals surface area contributed by atoms with E-state index in [0.29, 0.717) is 13.0 Å². The predicted molar refractivity (Wildman–Crippen MR) is 95.3 cm³/mol. The van der Waals surface area contributed by atoms with Gasteiger partial charge in [0.2, 0.25) is 17.7 Å². The number of carbonyl (C=O) groups excluding carboxylic acids is 4. The molecule has 145 valence electrons. The van der Waals surface area contributed by atoms with E-state index in [0.717, 1.165) is 6.42 Å². The molecule has 8 heteroatoms. The lowest BCUT2D eigenvalue weighted by atomic mass is 9.98. The van der Waals surface area contributed by atoms with Gasteiger partial charge in [-0.3, -0.25) is 19.2 Å². The van der Waals surface area contributed by atoms with Gasteiger partial charge in [0.1, 0.15) is 6.04 Å². The summed E-state index contributed by atoms with van der Waals surface area (Å²) in [6.45, 7) is 5.94. The molecule has 2 rings (SSSR count). The highest BCUT2D eigenvalue weighted by molar-refractivity contribution is 5.99. The summed E-state index contributed by atoms with van der Waals surface area (Å²) < 4.78 is 0. The number of Topliss-reactive ketones (excluding diaryl/α,β-unsaturated/α-hetero) is 1. The van der Waals surface area contributed by atoms with Crippen molar-refractivity contribution in [1.82, 2.24) is 9.80 Å². The lowest BCUT2D eigenvalue weighted by Crippen LogP contribution is -2.50. The fourth-order valence-corrected chi connectivity index (χ4v) is 3.56. The van der Waals surface area contributed by atoms with Crippen LogP contribution in [-0.4, -0.2) is 64.5 Å². The highest BCUT2D eigenvalue weighted by Gasteiger charge is 2.51. The molecule has 2 aliphatic heterocycles. The highest BCUT2D eigenvalue weighted by Crippen LogP contribution is 2.31. The molecule has 0 spiro atoms. The van der Waals surface area contributed by atoms with E-state index >= 15 is 0 Å². The Morgan fingerprint density at radius 3 is 2.50 bits per heavy atom. The summed E-state index contributed by atoms with van der Waals surface area (Å²) in [5.74, 6) is -1.54. The van der Waals surface area contributed by atoms with Gasteiger partial charge in [-0.1, -0.05) is 27.2 Å². The van der Waals surface area contributed by atoms with E-state index in [1.54, 1.807) is 11.8 Å². The standard InChI is InChI=1S/C18H29N4O4/c1-4-10(2)15(19)18(26)22-9-13(23)16-12(22)7-8-21(16)14(24)6-5-11(3)17(20)25/h6,10-12,15-16H,4-5,7-9,19H2,1-3H3,(H2,20,25). The van der Waals surface area contributed by atoms with Crippen molar-refractivity contribution in [1.29, 1.82) is 0 Å². The molecule has 0 bridgehead atoms. The quantitative estimate of drug-likeness (QED) is 0.626. The molecule has 0 saturated carbocycles. The molecule has 5 unspecified atom stereocenters. The number of fused-ring (bicyclic) bond motifs is 1. The van der Waals surface area contributed by atoms with Gasteiger partial charge in [-0.2, -0.15) is 0 Å². The summed E-state index contributed by atoms with van der Waals surface area (Å²) in [5.41, 5.74) is 11.3. The predicted octanol–water partition coefficient (Wildman–Crippen LogP) is -0.544. The van der Waals surface area contributed by atoms with Crippen LogP contribution in [0.1, 0.15) is 40.0 Å². The second-order valence-electron chi connectivity index (χ2n) is 7.42. The maximum Gasteiger partial charge on any atom is 0.240 e. The molecule has 2 saturated heterocycles. The number of rotatable bonds is 7. The fraction of sp³-hybridized carbons (Fsp3) is 0.722. The molecule has 0 aliphatic carbocycles. The molecule has 4 N–H and O–H groups in total. The van der Waals surface area contributed by atoms with Gasteiger partial charge in [0.05, 0.1) is 25.0 Å². The number of primary amides is 1. The maximum atomic E-state index is 12.7. The minimum absolute atomic E-state index is 0.000229. The molecule has 2 aliphatic rings. The van der Waals surface area contributed by atoms with Crippen LogP contribution in [0.25, 0.3) is 0 Å². The van der Waals surface area contributed by atoms with Crippen LogP contribution in [0.3, 0.4) is 0 Å². The van der Waals surface area contributed by atoms with E-state index in [4.69, 9.17) is 11.5 Å². The lowest BCUT2D eigenvalue weighted by molar-refractivity contribution is -0.135. The van der Waals surface area contributed by atoms with Gasteiger partial charge in [-0.25, -0.2) is 0 Å². The largest absolute Gasteiger partial charge is 0.369 e. The summed E-state index contributed by atoms with van der Waals surface area (Å²) in [6.07, 6.45) is 2.97. The van der Waals surface area contributed by atoms with Crippen molar-refractivity contribution in [3.05, 3.63) is 6.42 Å². The van der Waals surface area contributed by atoms with Crippen LogP contribution in [-0.2, 0) is 19.2 Å². The van der Waals surface area contributed by atoms with Crippen molar-refractivity contribution >= 4 is 23.5 Å². The number of hydrogen-bond acceptors (Lipinski definition) is 5. The molecule has 0 aromatic heterocycles. The number of carbonyl (C=O) groups is 4. The zero-order chi connectivity index (χ0) is 19.6. The number of likely N-dealkylation sites (tertiary alicyclic amines) is 2. The first-order valence-corrected chi connectivity index (χ1v) is 9.20. The van der Waals surface area contributed by atoms with Gasteiger partial charge < -0.3 is 21.3 Å². The third-order valence-corrected chi connectivity index (χ3v) is 5.66. The number of nitrogens with zero attached hydrogens (tertiary/aromatic N) is 2. The molecule has 0 aromatic carbocycles. The zero-order valence-electron chi connectivity index (χ0n) is 15.7. The van der Waals surface area contributed by atoms with E-state index < -0.39 is 23.9 Å². The van der Waals surface area contributed by atoms with Crippen LogP contribution >= 0.6 is 0 Å². The Hall–Kier alpha value is -1.96. The second kappa shape index (κ2) is 8.16. The van der Waals surface area contributed by atoms with Crippen molar-refractivity contribution < 1.29 is 19.2 Å². The average Bonchev–Trinajstić information content (AvgIpc) is 3.18. The maximum absolute atomic E-state index is 12.7. The van der Waals surface area contributed by atoms with Gasteiger partial charge in [0.25, 0.3) is 0 Å². The SMILES string of the molecule is CCC(C)C(N)C(=O)N1CC(=O)C2C1CCN2C(=O)[CH]CC(C)C(N)=O. The Morgan fingerprint density at radius 1 is 1.27 bits per heavy atom. The van der Waals surface area contributed by atoms with E-state index in [2.05, 4.69) is 0 Å². The van der Waals surface area contributed by atoms with Crippen molar-refractivity contribution in [2.75, 3.05) is 13.1 Å². The summed E-state index contributed by atoms with van der Waals surface area (Å²) in [6, 6.07) is -1.56. The Morgan fingerprint density at radius 2 is 1.92 bits per heavy atom. The van der Waals surface area contributed by atoms with E-state index in [9.17, 15) is 19.2 Å². The summed E-state index contributed by atoms with van der Waals surface area (Å²) in [4.78, 5) is 51.8. The Balaban J connectivity index is 2.03. The van der Waals surface area contributed by atoms with Crippen LogP contribution in [0.5, 0.6) is 0 Å². The first kappa shape index (κ1) is 20.4. The number of hydrogen-bond donors (Lipinski definition) is 2. The highest BCUT2D eigenvalue weighted by atomic mass is 16.2. The van der Waals surface area contributed by atoms with Crippen molar-refractivity contribution in [2.45, 2.75) is 58.2 Å². The van der Waals surface area contributed by atoms with Gasteiger partial charge in [0, 0.05) is 12.5 Å². The van der Waals surface area contributed by atoms with Gasteiger partial charge in [-0.15, -0.1) is 0 Å². The lowest BCUT2D eigenvalue weighted by Gasteiger charge is -2.28. The van der Waals surface area contributed by atoms with Crippen molar-refractivity contribution in [3.63, 3.8) is 0 Å². The monoisotopic (exact) mass is 365 g/mol. The third-order valence-electron chi connectivity index (χ3n) is 5.66. The summed E-state index contributed by atoms with van der Waals surface area (Å²) >= 11 is 0. The Kier molecular flexibility index (Phi) is 6.39. The van der Waals surface area contributed by atoms with Crippen molar-refractivity contribution in [2.24, 2.45) is 23.3 Å². The molecule has 2 fully saturated rings. The van der Waals surface area contributed by atoms with Gasteiger partial charge >= 0.3 is 0 Å². The molecule has 1 radical (unpaired) electrons. The van der Waals surface area contributed by atoms with Gasteiger partial charge in [-0.05, 0) is 18.8 Å². The first-order chi connectivity index (χ1) is 12.2. The topological polar surface area (TPSA) is 127 Å². The molecule has 26 heavy (non-hydrogen) atoms. The van der Waals surface area contributed by atoms with E-state index in [1.165, 1.54) is 11.3 Å². The third kappa shape index (κ3) is 3.90. The second-order valence-corrected chi connectivity index (χ2v) is 7.42. The van der Waals surface area contributed by atoms with Gasteiger partial charge in [0.15, 0.2) is 5.78 Å². The zero-order valence-corrected chi connectivity index (χ0v) is 15.7. The average molecular weight is 365 g/mol. The first-order valence-electron chi connectivity index (χ1n) is 9.20. The smallest absolute Gasteiger partial charge is 0.240 e. The molecule has 3 amide bonds. The molecule has 8 nitrogen and oxygen atoms in total. The number of nitrogens with two attached hydrogens (primary N) is 2. The van der Waals surface area contributed by atoms with Crippen LogP contribution < -0.4 is 11.5 Å². The summed E-state index contributed by atoms with van der Waals surface area (Å²) in [7, 11) is 0. The number of amides is 3. The minimum Gasteiger partial charge on any atom is -0.369 e. The summed E-state index contributed by atoms with van der Waals surface area (Å²) in [5, 5.41) is 0. The molecular weight excluding hydrogens is 336 g/mol. The molecule has 5 atom stereocenters. The number of ketones is 1. The molecule has 2 heterocycles. The van der Waals surface area contributed by atoms with Crippen molar-refractivity contribution in [3.8, 4) is 0 Å². The van der Waals surface area contributed by atoms with Crippen LogP contribution in [0.2, 0.25) is 0 Å². The molecule has 0 aromatic rings. The Labute approximate surface area is 154 Å². The Bertz CT molecular complexity index is 594. The van der Waals surface area contributed by atoms with E-state index in [-0.39, 0.29) is 42.5 Å². The fourth-order valence-electron chi connectivity index (χ4n) is 3.56. The van der Waals surface area contributed by atoms with Crippen LogP contribution in [0.4, 0.5) is 0 Å². The van der Waals surface area contributed by atoms with Crippen LogP contribution in [0, 0.1) is 18.3 Å². The normalized spacial score (nSPS) is 25.8. The minimum atomic E-state index is -0.640. The van der Waals surface area contributed by atoms with Crippen LogP contribution in [0.15, 0.2) is 0 Å². The molecular formula is C18H29N4O4. The van der Waals surface area contributed by atoms with E-state index in [1.807, 2.05) is 13.8 Å².